The maximum Gasteiger partial charge on any atom is 0.238 e. The molecule has 3 aromatic heterocycles. The Morgan fingerprint density at radius 3 is 1.48 bits per heavy atom. The summed E-state index contributed by atoms with van der Waals surface area (Å²) in [6.45, 7) is 0. The summed E-state index contributed by atoms with van der Waals surface area (Å²) >= 11 is 0. The average molecular weight is 590 g/mol. The highest BCUT2D eigenvalue weighted by molar-refractivity contribution is 5.94. The first-order valence-corrected chi connectivity index (χ1v) is 15.4. The fourth-order valence-electron chi connectivity index (χ4n) is 6.31. The Bertz CT molecular complexity index is 2440. The van der Waals surface area contributed by atoms with Crippen LogP contribution >= 0.6 is 0 Å². The van der Waals surface area contributed by atoms with E-state index in [0.717, 1.165) is 61.5 Å². The van der Waals surface area contributed by atoms with E-state index in [1.165, 1.54) is 11.1 Å². The molecule has 3 heterocycles. The van der Waals surface area contributed by atoms with Crippen LogP contribution in [0.25, 0.3) is 78.6 Å². The van der Waals surface area contributed by atoms with Crippen LogP contribution in [0.5, 0.6) is 0 Å². The number of aromatic nitrogens is 5. The van der Waals surface area contributed by atoms with Gasteiger partial charge in [-0.1, -0.05) is 133 Å². The van der Waals surface area contributed by atoms with E-state index < -0.39 is 0 Å². The van der Waals surface area contributed by atoms with Gasteiger partial charge in [0, 0.05) is 11.1 Å². The second-order valence-electron chi connectivity index (χ2n) is 11.4. The van der Waals surface area contributed by atoms with Crippen LogP contribution in [0.4, 0.5) is 0 Å². The fourth-order valence-corrected chi connectivity index (χ4v) is 6.31. The molecule has 0 fully saturated rings. The molecular weight excluding hydrogens is 562 g/mol. The first-order chi connectivity index (χ1) is 22.8. The first kappa shape index (κ1) is 26.1. The summed E-state index contributed by atoms with van der Waals surface area (Å²) in [5.41, 5.74) is 12.5. The quantitative estimate of drug-likeness (QED) is 0.201. The Morgan fingerprint density at radius 1 is 0.348 bits per heavy atom. The molecule has 0 bridgehead atoms. The van der Waals surface area contributed by atoms with Crippen LogP contribution in [0.15, 0.2) is 164 Å². The van der Waals surface area contributed by atoms with Crippen LogP contribution in [-0.2, 0) is 0 Å². The molecule has 0 radical (unpaired) electrons. The van der Waals surface area contributed by atoms with Crippen LogP contribution in [0.1, 0.15) is 0 Å². The molecule has 0 aliphatic carbocycles. The summed E-state index contributed by atoms with van der Waals surface area (Å²) in [5.74, 6) is 1.35. The third-order valence-electron chi connectivity index (χ3n) is 8.58. The summed E-state index contributed by atoms with van der Waals surface area (Å²) in [7, 11) is 0. The molecule has 5 heteroatoms. The summed E-state index contributed by atoms with van der Waals surface area (Å²) in [4.78, 5) is 15.4. The fraction of sp³-hybridized carbons (Fsp3) is 0. The zero-order chi connectivity index (χ0) is 30.5. The Balaban J connectivity index is 1.28. The maximum atomic E-state index is 5.16. The van der Waals surface area contributed by atoms with Gasteiger partial charge in [0.05, 0.1) is 33.5 Å². The molecule has 0 saturated carbocycles. The number of rotatable bonds is 5. The summed E-state index contributed by atoms with van der Waals surface area (Å²) in [5, 5.41) is 0. The zero-order valence-electron chi connectivity index (χ0n) is 24.8. The van der Waals surface area contributed by atoms with Crippen molar-refractivity contribution in [3.8, 4) is 50.7 Å². The van der Waals surface area contributed by atoms with Crippen molar-refractivity contribution in [3.63, 3.8) is 0 Å². The predicted molar refractivity (Wildman–Crippen MR) is 187 cm³/mol. The summed E-state index contributed by atoms with van der Waals surface area (Å²) in [6, 6.07) is 56.7. The maximum absolute atomic E-state index is 5.16. The normalized spacial score (nSPS) is 11.5. The number of para-hydroxylation sites is 2. The monoisotopic (exact) mass is 589 g/mol. The lowest BCUT2D eigenvalue weighted by Crippen LogP contribution is -2.04. The lowest BCUT2D eigenvalue weighted by atomic mass is 10.00. The molecular formula is C41H27N5. The van der Waals surface area contributed by atoms with Crippen LogP contribution in [0, 0.1) is 0 Å². The molecule has 5 nitrogen and oxygen atoms in total. The zero-order valence-corrected chi connectivity index (χ0v) is 24.8. The summed E-state index contributed by atoms with van der Waals surface area (Å²) in [6.07, 6.45) is 0. The Labute approximate surface area is 265 Å². The minimum absolute atomic E-state index is 0.579. The van der Waals surface area contributed by atoms with E-state index in [4.69, 9.17) is 15.0 Å². The average Bonchev–Trinajstić information content (AvgIpc) is 3.67. The van der Waals surface area contributed by atoms with Gasteiger partial charge in [0.15, 0.2) is 0 Å². The molecule has 9 rings (SSSR count). The number of benzene rings is 6. The predicted octanol–water partition coefficient (Wildman–Crippen LogP) is 9.89. The third kappa shape index (κ3) is 4.37. The highest BCUT2D eigenvalue weighted by Gasteiger charge is 2.21. The largest absolute Gasteiger partial charge is 0.276 e. The van der Waals surface area contributed by atoms with Crippen LogP contribution in [0.2, 0.25) is 0 Å². The van der Waals surface area contributed by atoms with Gasteiger partial charge in [0.25, 0.3) is 0 Å². The van der Waals surface area contributed by atoms with Crippen molar-refractivity contribution in [1.29, 1.82) is 0 Å². The number of hydrogen-bond donors (Lipinski definition) is 0. The van der Waals surface area contributed by atoms with E-state index in [0.29, 0.717) is 5.95 Å². The van der Waals surface area contributed by atoms with Gasteiger partial charge in [-0.05, 0) is 52.6 Å². The van der Waals surface area contributed by atoms with Crippen LogP contribution in [0.3, 0.4) is 0 Å². The topological polar surface area (TPSA) is 48.0 Å². The molecule has 216 valence electrons. The summed E-state index contributed by atoms with van der Waals surface area (Å²) < 4.78 is 4.32. The third-order valence-corrected chi connectivity index (χ3v) is 8.58. The molecule has 9 aromatic rings. The first-order valence-electron chi connectivity index (χ1n) is 15.4. The molecule has 0 aliphatic rings. The van der Waals surface area contributed by atoms with Crippen LogP contribution in [-0.4, -0.2) is 23.9 Å². The molecule has 46 heavy (non-hydrogen) atoms. The highest BCUT2D eigenvalue weighted by atomic mass is 15.3. The van der Waals surface area contributed by atoms with E-state index in [1.807, 2.05) is 48.5 Å². The molecule has 0 unspecified atom stereocenters. The lowest BCUT2D eigenvalue weighted by molar-refractivity contribution is 0.972. The number of imidazole rings is 2. The van der Waals surface area contributed by atoms with E-state index in [2.05, 4.69) is 124 Å². The smallest absolute Gasteiger partial charge is 0.238 e. The minimum atomic E-state index is 0.579. The minimum Gasteiger partial charge on any atom is -0.276 e. The molecule has 0 N–H and O–H groups in total. The van der Waals surface area contributed by atoms with Gasteiger partial charge in [0.1, 0.15) is 0 Å². The van der Waals surface area contributed by atoms with Gasteiger partial charge in [-0.15, -0.1) is 0 Å². The Kier molecular flexibility index (Phi) is 6.06. The molecule has 6 aromatic carbocycles. The van der Waals surface area contributed by atoms with Crippen LogP contribution < -0.4 is 0 Å². The van der Waals surface area contributed by atoms with Gasteiger partial charge in [-0.3, -0.25) is 4.40 Å². The number of hydrogen-bond acceptors (Lipinski definition) is 3. The highest BCUT2D eigenvalue weighted by Crippen LogP contribution is 2.34. The van der Waals surface area contributed by atoms with Crippen molar-refractivity contribution in [1.82, 2.24) is 23.9 Å². The molecule has 0 spiro atoms. The van der Waals surface area contributed by atoms with Gasteiger partial charge in [-0.25, -0.2) is 19.5 Å². The standard InChI is InChI=1S/C41H27N5/c1-4-12-28(13-5-1)29-20-22-30(23-21-29)33-24-25-38-39(26-33)45-37-19-11-10-18-34(37)44-41(45)46(38)40-42-35(31-14-6-2-7-15-31)27-36(43-40)32-16-8-3-9-17-32/h1-27H. The second-order valence-corrected chi connectivity index (χ2v) is 11.4. The lowest BCUT2D eigenvalue weighted by Gasteiger charge is -2.11. The molecule has 0 amide bonds. The Morgan fingerprint density at radius 2 is 0.848 bits per heavy atom. The van der Waals surface area contributed by atoms with E-state index >= 15 is 0 Å². The SMILES string of the molecule is c1ccc(-c2ccc(-c3ccc4c(c3)n3c5ccccc5nc3n4-c3nc(-c4ccccc4)cc(-c4ccccc4)n3)cc2)cc1. The Hall–Kier alpha value is -6.33. The van der Waals surface area contributed by atoms with E-state index in [9.17, 15) is 0 Å². The van der Waals surface area contributed by atoms with Gasteiger partial charge < -0.3 is 0 Å². The van der Waals surface area contributed by atoms with Crippen molar-refractivity contribution >= 4 is 27.8 Å². The second kappa shape index (κ2) is 10.7. The van der Waals surface area contributed by atoms with Crippen molar-refractivity contribution in [2.24, 2.45) is 0 Å². The van der Waals surface area contributed by atoms with E-state index in [-0.39, 0.29) is 0 Å². The van der Waals surface area contributed by atoms with Gasteiger partial charge >= 0.3 is 0 Å². The van der Waals surface area contributed by atoms with Crippen molar-refractivity contribution < 1.29 is 0 Å². The molecule has 0 saturated heterocycles. The molecule has 0 aliphatic heterocycles. The van der Waals surface area contributed by atoms with Crippen molar-refractivity contribution in [3.05, 3.63) is 164 Å². The van der Waals surface area contributed by atoms with Crippen molar-refractivity contribution in [2.75, 3.05) is 0 Å². The molecule has 0 atom stereocenters. The van der Waals surface area contributed by atoms with E-state index in [1.54, 1.807) is 0 Å². The van der Waals surface area contributed by atoms with Gasteiger partial charge in [0.2, 0.25) is 11.7 Å². The number of nitrogens with zero attached hydrogens (tertiary/aromatic N) is 5. The van der Waals surface area contributed by atoms with Crippen molar-refractivity contribution in [2.45, 2.75) is 0 Å². The number of fused-ring (bicyclic) bond motifs is 5. The van der Waals surface area contributed by atoms with Gasteiger partial charge in [-0.2, -0.15) is 0 Å².